The maximum absolute atomic E-state index is 13.0. The Hall–Kier alpha value is -1.26. The summed E-state index contributed by atoms with van der Waals surface area (Å²) in [4.78, 5) is 0. The highest BCUT2D eigenvalue weighted by Gasteiger charge is 2.19. The summed E-state index contributed by atoms with van der Waals surface area (Å²) in [6.45, 7) is 2.06. The molecule has 2 nitrogen and oxygen atoms in total. The Labute approximate surface area is 117 Å². The highest BCUT2D eigenvalue weighted by atomic mass is 32.2. The molecule has 102 valence electrons. The van der Waals surface area contributed by atoms with Gasteiger partial charge in [-0.1, -0.05) is 19.1 Å². The number of thioether (sulfide) groups is 1. The van der Waals surface area contributed by atoms with E-state index in [1.807, 2.05) is 24.3 Å². The third-order valence-electron chi connectivity index (χ3n) is 3.04. The van der Waals surface area contributed by atoms with Crippen LogP contribution in [0.2, 0.25) is 0 Å². The van der Waals surface area contributed by atoms with Crippen LogP contribution >= 0.6 is 11.8 Å². The van der Waals surface area contributed by atoms with Gasteiger partial charge in [-0.25, -0.2) is 4.39 Å². The van der Waals surface area contributed by atoms with Crippen LogP contribution in [-0.4, -0.2) is 6.04 Å². The number of hydrogen-bond donors (Lipinski definition) is 1. The molecule has 0 aliphatic carbocycles. The summed E-state index contributed by atoms with van der Waals surface area (Å²) in [5.74, 6) is 1.48. The third-order valence-corrected chi connectivity index (χ3v) is 4.48. The van der Waals surface area contributed by atoms with Crippen LogP contribution in [0, 0.1) is 5.82 Å². The smallest absolute Gasteiger partial charge is 0.123 e. The van der Waals surface area contributed by atoms with Crippen molar-refractivity contribution in [1.82, 2.24) is 0 Å². The normalized spacial score (nSPS) is 14.3. The summed E-state index contributed by atoms with van der Waals surface area (Å²) in [6.07, 6.45) is 2.55. The molecule has 2 aromatic rings. The Morgan fingerprint density at radius 3 is 2.58 bits per heavy atom. The molecule has 2 N–H and O–H groups in total. The quantitative estimate of drug-likeness (QED) is 0.864. The Bertz CT molecular complexity index is 483. The minimum absolute atomic E-state index is 0.0467. The third kappa shape index (κ3) is 3.85. The molecule has 0 bridgehead atoms. The van der Waals surface area contributed by atoms with Gasteiger partial charge in [0.25, 0.3) is 0 Å². The van der Waals surface area contributed by atoms with Gasteiger partial charge in [-0.2, -0.15) is 0 Å². The van der Waals surface area contributed by atoms with Crippen molar-refractivity contribution in [3.63, 3.8) is 0 Å². The van der Waals surface area contributed by atoms with E-state index in [0.717, 1.165) is 23.5 Å². The van der Waals surface area contributed by atoms with Gasteiger partial charge in [0.05, 0.1) is 12.0 Å². The van der Waals surface area contributed by atoms with Crippen molar-refractivity contribution in [2.24, 2.45) is 5.73 Å². The topological polar surface area (TPSA) is 39.2 Å². The van der Waals surface area contributed by atoms with Crippen LogP contribution in [-0.2, 0) is 5.75 Å². The lowest BCUT2D eigenvalue weighted by Gasteiger charge is -2.22. The van der Waals surface area contributed by atoms with Crippen LogP contribution in [0.3, 0.4) is 0 Å². The van der Waals surface area contributed by atoms with E-state index in [2.05, 4.69) is 6.92 Å². The zero-order valence-corrected chi connectivity index (χ0v) is 11.7. The first-order valence-corrected chi connectivity index (χ1v) is 7.40. The van der Waals surface area contributed by atoms with E-state index >= 15 is 0 Å². The second kappa shape index (κ2) is 6.78. The molecule has 2 rings (SSSR count). The molecule has 0 fully saturated rings. The molecule has 1 aromatic heterocycles. The average Bonchev–Trinajstić information content (AvgIpc) is 2.93. The van der Waals surface area contributed by atoms with Crippen LogP contribution in [0.1, 0.15) is 29.9 Å². The second-order valence-corrected chi connectivity index (χ2v) is 5.56. The maximum Gasteiger partial charge on any atom is 0.123 e. The highest BCUT2D eigenvalue weighted by Crippen LogP contribution is 2.35. The molecule has 0 amide bonds. The Balaban J connectivity index is 2.09. The number of hydrogen-bond acceptors (Lipinski definition) is 3. The van der Waals surface area contributed by atoms with Gasteiger partial charge < -0.3 is 10.2 Å². The van der Waals surface area contributed by atoms with Crippen molar-refractivity contribution in [3.05, 3.63) is 59.8 Å². The van der Waals surface area contributed by atoms with Crippen molar-refractivity contribution in [2.45, 2.75) is 30.4 Å². The SMILES string of the molecule is CCC(N)C(SCc1ccco1)c1ccc(F)cc1. The lowest BCUT2D eigenvalue weighted by atomic mass is 10.0. The van der Waals surface area contributed by atoms with E-state index in [1.54, 1.807) is 18.0 Å². The number of furan rings is 1. The van der Waals surface area contributed by atoms with Crippen molar-refractivity contribution in [2.75, 3.05) is 0 Å². The molecule has 0 radical (unpaired) electrons. The predicted octanol–water partition coefficient (Wildman–Crippen LogP) is 4.13. The molecule has 0 saturated heterocycles. The number of benzene rings is 1. The highest BCUT2D eigenvalue weighted by molar-refractivity contribution is 7.98. The molecule has 0 aliphatic rings. The van der Waals surface area contributed by atoms with E-state index in [-0.39, 0.29) is 17.1 Å². The van der Waals surface area contributed by atoms with Gasteiger partial charge >= 0.3 is 0 Å². The van der Waals surface area contributed by atoms with Crippen LogP contribution in [0.25, 0.3) is 0 Å². The Kier molecular flexibility index (Phi) is 5.05. The summed E-state index contributed by atoms with van der Waals surface area (Å²) in [7, 11) is 0. The summed E-state index contributed by atoms with van der Waals surface area (Å²) >= 11 is 1.73. The molecule has 4 heteroatoms. The van der Waals surface area contributed by atoms with Gasteiger partial charge in [0.1, 0.15) is 11.6 Å². The van der Waals surface area contributed by atoms with Crippen molar-refractivity contribution >= 4 is 11.8 Å². The predicted molar refractivity (Wildman–Crippen MR) is 77.4 cm³/mol. The van der Waals surface area contributed by atoms with Crippen LogP contribution in [0.4, 0.5) is 4.39 Å². The Morgan fingerprint density at radius 2 is 2.00 bits per heavy atom. The molecular formula is C15H18FNOS. The lowest BCUT2D eigenvalue weighted by Crippen LogP contribution is -2.25. The van der Waals surface area contributed by atoms with Crippen LogP contribution < -0.4 is 5.73 Å². The van der Waals surface area contributed by atoms with Gasteiger partial charge in [0.15, 0.2) is 0 Å². The van der Waals surface area contributed by atoms with Crippen molar-refractivity contribution < 1.29 is 8.81 Å². The van der Waals surface area contributed by atoms with Gasteiger partial charge in [-0.05, 0) is 36.2 Å². The first-order chi connectivity index (χ1) is 9.20. The molecule has 2 unspecified atom stereocenters. The monoisotopic (exact) mass is 279 g/mol. The fraction of sp³-hybridized carbons (Fsp3) is 0.333. The van der Waals surface area contributed by atoms with E-state index in [4.69, 9.17) is 10.2 Å². The molecule has 0 spiro atoms. The van der Waals surface area contributed by atoms with E-state index < -0.39 is 0 Å². The summed E-state index contributed by atoms with van der Waals surface area (Å²) < 4.78 is 18.3. The van der Waals surface area contributed by atoms with E-state index in [9.17, 15) is 4.39 Å². The molecular weight excluding hydrogens is 261 g/mol. The second-order valence-electron chi connectivity index (χ2n) is 4.43. The number of halogens is 1. The number of nitrogens with two attached hydrogens (primary N) is 1. The Morgan fingerprint density at radius 1 is 1.26 bits per heavy atom. The lowest BCUT2D eigenvalue weighted by molar-refractivity contribution is 0.529. The largest absolute Gasteiger partial charge is 0.468 e. The standard InChI is InChI=1S/C15H18FNOS/c1-2-14(17)15(11-5-7-12(16)8-6-11)19-10-13-4-3-9-18-13/h3-9,14-15H,2,10,17H2,1H3. The van der Waals surface area contributed by atoms with Gasteiger partial charge in [-0.3, -0.25) is 0 Å². The minimum Gasteiger partial charge on any atom is -0.468 e. The zero-order chi connectivity index (χ0) is 13.7. The van der Waals surface area contributed by atoms with Crippen LogP contribution in [0.15, 0.2) is 47.1 Å². The van der Waals surface area contributed by atoms with Gasteiger partial charge in [-0.15, -0.1) is 11.8 Å². The van der Waals surface area contributed by atoms with Crippen molar-refractivity contribution in [1.29, 1.82) is 0 Å². The molecule has 19 heavy (non-hydrogen) atoms. The summed E-state index contributed by atoms with van der Waals surface area (Å²) in [5.41, 5.74) is 7.24. The van der Waals surface area contributed by atoms with E-state index in [0.29, 0.717) is 0 Å². The molecule has 1 heterocycles. The molecule has 0 saturated carbocycles. The average molecular weight is 279 g/mol. The zero-order valence-electron chi connectivity index (χ0n) is 10.9. The maximum atomic E-state index is 13.0. The first-order valence-electron chi connectivity index (χ1n) is 6.35. The molecule has 1 aromatic carbocycles. The molecule has 2 atom stereocenters. The van der Waals surface area contributed by atoms with Gasteiger partial charge in [0, 0.05) is 11.3 Å². The van der Waals surface area contributed by atoms with Crippen molar-refractivity contribution in [3.8, 4) is 0 Å². The number of rotatable bonds is 6. The van der Waals surface area contributed by atoms with Crippen LogP contribution in [0.5, 0.6) is 0 Å². The van der Waals surface area contributed by atoms with E-state index in [1.165, 1.54) is 12.1 Å². The fourth-order valence-corrected chi connectivity index (χ4v) is 3.20. The summed E-state index contributed by atoms with van der Waals surface area (Å²) in [6, 6.07) is 10.5. The van der Waals surface area contributed by atoms with Gasteiger partial charge in [0.2, 0.25) is 0 Å². The fourth-order valence-electron chi connectivity index (χ4n) is 1.90. The minimum atomic E-state index is -0.219. The molecule has 0 aliphatic heterocycles. The summed E-state index contributed by atoms with van der Waals surface area (Å²) in [5, 5.41) is 0.149. The first kappa shape index (κ1) is 14.2.